The van der Waals surface area contributed by atoms with Crippen molar-refractivity contribution in [2.75, 3.05) is 13.2 Å². The lowest BCUT2D eigenvalue weighted by Crippen LogP contribution is -2.29. The van der Waals surface area contributed by atoms with Gasteiger partial charge in [-0.25, -0.2) is 4.57 Å². The molecule has 312 valence electrons. The SMILES string of the molecule is CCCCC/C=C\C/C=C\CCCCCCCCCC(=O)OC(COC(=O)CCCCCCCCCCCCCCCCCCCC)COP(=O)(O)O. The number of carbonyl (C=O) groups excluding carboxylic acids is 2. The molecule has 1 atom stereocenters. The summed E-state index contributed by atoms with van der Waals surface area (Å²) >= 11 is 0. The molecule has 0 spiro atoms. The van der Waals surface area contributed by atoms with Crippen molar-refractivity contribution in [2.45, 2.75) is 232 Å². The molecule has 0 aromatic heterocycles. The van der Waals surface area contributed by atoms with Crippen LogP contribution in [0.4, 0.5) is 0 Å². The lowest BCUT2D eigenvalue weighted by molar-refractivity contribution is -0.161. The maximum absolute atomic E-state index is 12.4. The first kappa shape index (κ1) is 51.5. The Morgan fingerprint density at radius 2 is 0.849 bits per heavy atom. The van der Waals surface area contributed by atoms with Gasteiger partial charge >= 0.3 is 19.8 Å². The zero-order valence-electron chi connectivity index (χ0n) is 34.4. The Kier molecular flexibility index (Phi) is 39.1. The van der Waals surface area contributed by atoms with Crippen LogP contribution in [-0.4, -0.2) is 41.0 Å². The highest BCUT2D eigenvalue weighted by molar-refractivity contribution is 7.46. The highest BCUT2D eigenvalue weighted by atomic mass is 31.2. The molecule has 0 rings (SSSR count). The van der Waals surface area contributed by atoms with Gasteiger partial charge < -0.3 is 19.3 Å². The summed E-state index contributed by atoms with van der Waals surface area (Å²) in [6, 6.07) is 0. The Labute approximate surface area is 326 Å². The van der Waals surface area contributed by atoms with E-state index in [1.165, 1.54) is 141 Å². The van der Waals surface area contributed by atoms with Crippen molar-refractivity contribution in [2.24, 2.45) is 0 Å². The number of phosphoric ester groups is 1. The second-order valence-electron chi connectivity index (χ2n) is 15.0. The molecule has 2 N–H and O–H groups in total. The van der Waals surface area contributed by atoms with E-state index in [0.717, 1.165) is 51.4 Å². The van der Waals surface area contributed by atoms with Crippen LogP contribution in [0.15, 0.2) is 24.3 Å². The molecule has 0 aliphatic rings. The minimum Gasteiger partial charge on any atom is -0.462 e. The Bertz CT molecular complexity index is 915. The van der Waals surface area contributed by atoms with E-state index in [1.807, 2.05) is 0 Å². The molecule has 0 bridgehead atoms. The zero-order chi connectivity index (χ0) is 38.9. The van der Waals surface area contributed by atoms with Crippen molar-refractivity contribution in [3.05, 3.63) is 24.3 Å². The third kappa shape index (κ3) is 43.1. The van der Waals surface area contributed by atoms with Gasteiger partial charge in [0.2, 0.25) is 0 Å². The van der Waals surface area contributed by atoms with E-state index >= 15 is 0 Å². The number of rotatable bonds is 41. The number of hydrogen-bond donors (Lipinski definition) is 2. The van der Waals surface area contributed by atoms with E-state index in [9.17, 15) is 14.2 Å². The predicted molar refractivity (Wildman–Crippen MR) is 221 cm³/mol. The van der Waals surface area contributed by atoms with Crippen LogP contribution in [0.5, 0.6) is 0 Å². The summed E-state index contributed by atoms with van der Waals surface area (Å²) in [5.74, 6) is -0.883. The topological polar surface area (TPSA) is 119 Å². The lowest BCUT2D eigenvalue weighted by atomic mass is 10.0. The maximum Gasteiger partial charge on any atom is 0.469 e. The van der Waals surface area contributed by atoms with E-state index in [0.29, 0.717) is 6.42 Å². The Morgan fingerprint density at radius 1 is 0.491 bits per heavy atom. The van der Waals surface area contributed by atoms with Crippen molar-refractivity contribution >= 4 is 19.8 Å². The van der Waals surface area contributed by atoms with Gasteiger partial charge in [-0.15, -0.1) is 0 Å². The molecule has 1 unspecified atom stereocenters. The van der Waals surface area contributed by atoms with Gasteiger partial charge in [0.05, 0.1) is 6.61 Å². The van der Waals surface area contributed by atoms with Crippen LogP contribution in [-0.2, 0) is 28.2 Å². The summed E-state index contributed by atoms with van der Waals surface area (Å²) in [7, 11) is -4.75. The molecule has 53 heavy (non-hydrogen) atoms. The zero-order valence-corrected chi connectivity index (χ0v) is 35.3. The van der Waals surface area contributed by atoms with E-state index in [2.05, 4.69) is 42.7 Å². The summed E-state index contributed by atoms with van der Waals surface area (Å²) in [5.41, 5.74) is 0. The summed E-state index contributed by atoms with van der Waals surface area (Å²) in [6.07, 6.45) is 46.1. The Morgan fingerprint density at radius 3 is 1.28 bits per heavy atom. The molecule has 0 amide bonds. The highest BCUT2D eigenvalue weighted by Crippen LogP contribution is 2.36. The second-order valence-corrected chi connectivity index (χ2v) is 16.3. The van der Waals surface area contributed by atoms with Gasteiger partial charge in [-0.1, -0.05) is 192 Å². The molecule has 0 aliphatic heterocycles. The quantitative estimate of drug-likeness (QED) is 0.0273. The van der Waals surface area contributed by atoms with Crippen molar-refractivity contribution in [1.82, 2.24) is 0 Å². The third-order valence-electron chi connectivity index (χ3n) is 9.72. The molecule has 0 aliphatic carbocycles. The van der Waals surface area contributed by atoms with Crippen LogP contribution in [0, 0.1) is 0 Å². The summed E-state index contributed by atoms with van der Waals surface area (Å²) in [4.78, 5) is 42.9. The van der Waals surface area contributed by atoms with Crippen LogP contribution in [0.25, 0.3) is 0 Å². The van der Waals surface area contributed by atoms with Crippen LogP contribution in [0.3, 0.4) is 0 Å². The van der Waals surface area contributed by atoms with Crippen molar-refractivity contribution in [3.8, 4) is 0 Å². The average Bonchev–Trinajstić information content (AvgIpc) is 3.13. The molecule has 0 saturated carbocycles. The van der Waals surface area contributed by atoms with Crippen molar-refractivity contribution < 1.29 is 37.9 Å². The average molecular weight is 771 g/mol. The first-order valence-corrected chi connectivity index (χ1v) is 23.7. The smallest absolute Gasteiger partial charge is 0.462 e. The minimum absolute atomic E-state index is 0.206. The summed E-state index contributed by atoms with van der Waals surface area (Å²) in [5, 5.41) is 0. The van der Waals surface area contributed by atoms with Gasteiger partial charge in [-0.05, 0) is 44.9 Å². The molecular formula is C44H83O8P. The number of esters is 2. The van der Waals surface area contributed by atoms with Gasteiger partial charge in [0.15, 0.2) is 6.10 Å². The molecular weight excluding hydrogens is 687 g/mol. The predicted octanol–water partition coefficient (Wildman–Crippen LogP) is 13.6. The maximum atomic E-state index is 12.4. The van der Waals surface area contributed by atoms with E-state index < -0.39 is 32.5 Å². The van der Waals surface area contributed by atoms with E-state index in [1.54, 1.807) is 0 Å². The molecule has 8 nitrogen and oxygen atoms in total. The first-order chi connectivity index (χ1) is 25.8. The van der Waals surface area contributed by atoms with E-state index in [-0.39, 0.29) is 19.4 Å². The fraction of sp³-hybridized carbons (Fsp3) is 0.864. The molecule has 0 aromatic rings. The van der Waals surface area contributed by atoms with Crippen LogP contribution >= 0.6 is 7.82 Å². The van der Waals surface area contributed by atoms with Gasteiger partial charge in [-0.3, -0.25) is 14.1 Å². The Hall–Kier alpha value is -1.47. The number of phosphoric acid groups is 1. The number of carbonyl (C=O) groups is 2. The molecule has 9 heteroatoms. The van der Waals surface area contributed by atoms with E-state index in [4.69, 9.17) is 19.3 Å². The fourth-order valence-corrected chi connectivity index (χ4v) is 6.77. The minimum atomic E-state index is -4.75. The number of hydrogen-bond acceptors (Lipinski definition) is 6. The van der Waals surface area contributed by atoms with Gasteiger partial charge in [0.1, 0.15) is 6.61 Å². The lowest BCUT2D eigenvalue weighted by Gasteiger charge is -2.18. The van der Waals surface area contributed by atoms with Crippen molar-refractivity contribution in [3.63, 3.8) is 0 Å². The fourth-order valence-electron chi connectivity index (χ4n) is 6.40. The van der Waals surface area contributed by atoms with Crippen LogP contribution < -0.4 is 0 Å². The third-order valence-corrected chi connectivity index (χ3v) is 10.2. The normalized spacial score (nSPS) is 12.6. The molecule has 0 radical (unpaired) electrons. The second kappa shape index (κ2) is 40.2. The van der Waals surface area contributed by atoms with Gasteiger partial charge in [0, 0.05) is 12.8 Å². The largest absolute Gasteiger partial charge is 0.469 e. The van der Waals surface area contributed by atoms with Crippen LogP contribution in [0.2, 0.25) is 0 Å². The molecule has 0 fully saturated rings. The number of unbranched alkanes of at least 4 members (excludes halogenated alkanes) is 27. The molecule has 0 saturated heterocycles. The standard InChI is InChI=1S/C44H83O8P/c1-3-5-7-9-11-13-15-17-19-21-23-24-26-28-30-32-34-36-38-43(45)50-40-42(41-51-53(47,48)49)52-44(46)39-37-35-33-31-29-27-25-22-20-18-16-14-12-10-8-6-4-2/h12,14,18,20,42H,3-11,13,15-17,19,21-41H2,1-2H3,(H2,47,48,49)/b14-12-,20-18-. The van der Waals surface area contributed by atoms with Crippen LogP contribution in [0.1, 0.15) is 226 Å². The van der Waals surface area contributed by atoms with Crippen molar-refractivity contribution in [1.29, 1.82) is 0 Å². The molecule has 0 heterocycles. The first-order valence-electron chi connectivity index (χ1n) is 22.1. The summed E-state index contributed by atoms with van der Waals surface area (Å²) < 4.78 is 26.4. The number of ether oxygens (including phenoxy) is 2. The van der Waals surface area contributed by atoms with Gasteiger partial charge in [0.25, 0.3) is 0 Å². The summed E-state index contributed by atoms with van der Waals surface area (Å²) in [6.45, 7) is 3.68. The Balaban J connectivity index is 3.87. The monoisotopic (exact) mass is 771 g/mol. The van der Waals surface area contributed by atoms with Gasteiger partial charge in [-0.2, -0.15) is 0 Å². The number of allylic oxidation sites excluding steroid dienone is 4. The molecule has 0 aromatic carbocycles. The highest BCUT2D eigenvalue weighted by Gasteiger charge is 2.22.